The molecule has 0 aliphatic carbocycles. The van der Waals surface area contributed by atoms with Crippen LogP contribution in [-0.4, -0.2) is 59.3 Å². The molecule has 0 radical (unpaired) electrons. The van der Waals surface area contributed by atoms with Gasteiger partial charge in [-0.05, 0) is 12.8 Å². The van der Waals surface area contributed by atoms with Crippen molar-refractivity contribution in [2.45, 2.75) is 18.9 Å². The molecule has 2 amide bonds. The van der Waals surface area contributed by atoms with Gasteiger partial charge in [0.15, 0.2) is 0 Å². The fourth-order valence-electron chi connectivity index (χ4n) is 2.49. The summed E-state index contributed by atoms with van der Waals surface area (Å²) >= 11 is 0. The van der Waals surface area contributed by atoms with Gasteiger partial charge in [0.1, 0.15) is 12.3 Å². The average molecular weight is 295 g/mol. The normalized spacial score (nSPS) is 16.0. The van der Waals surface area contributed by atoms with Crippen LogP contribution in [0.5, 0.6) is 0 Å². The molecule has 8 nitrogen and oxygen atoms in total. The lowest BCUT2D eigenvalue weighted by Crippen LogP contribution is -2.47. The summed E-state index contributed by atoms with van der Waals surface area (Å²) in [4.78, 5) is 25.6. The predicted octanol–water partition coefficient (Wildman–Crippen LogP) is -0.630. The number of hydrogen-bond acceptors (Lipinski definition) is 5. The van der Waals surface area contributed by atoms with Gasteiger partial charge in [0, 0.05) is 33.3 Å². The van der Waals surface area contributed by atoms with E-state index in [4.69, 9.17) is 10.5 Å². The number of rotatable bonds is 4. The predicted molar refractivity (Wildman–Crippen MR) is 76.6 cm³/mol. The molecular weight excluding hydrogens is 274 g/mol. The van der Waals surface area contributed by atoms with Gasteiger partial charge >= 0.3 is 0 Å². The van der Waals surface area contributed by atoms with E-state index in [1.807, 2.05) is 0 Å². The summed E-state index contributed by atoms with van der Waals surface area (Å²) < 4.78 is 6.27. The van der Waals surface area contributed by atoms with Gasteiger partial charge in [-0.1, -0.05) is 0 Å². The van der Waals surface area contributed by atoms with Gasteiger partial charge in [-0.2, -0.15) is 5.10 Å². The molecule has 0 aromatic carbocycles. The first-order valence-corrected chi connectivity index (χ1v) is 6.88. The van der Waals surface area contributed by atoms with E-state index in [0.29, 0.717) is 24.5 Å². The Morgan fingerprint density at radius 1 is 1.48 bits per heavy atom. The molecule has 0 atom stereocenters. The Morgan fingerprint density at radius 3 is 2.67 bits per heavy atom. The van der Waals surface area contributed by atoms with Crippen molar-refractivity contribution in [3.8, 4) is 0 Å². The number of aryl methyl sites for hydroxylation is 1. The number of carbonyl (C=O) groups excluding carboxylic acids is 2. The van der Waals surface area contributed by atoms with Gasteiger partial charge in [-0.15, -0.1) is 0 Å². The van der Waals surface area contributed by atoms with Crippen LogP contribution in [0.25, 0.3) is 0 Å². The molecular formula is C13H21N5O3. The number of anilines is 1. The number of hydrogen-bond donors (Lipinski definition) is 2. The third kappa shape index (κ3) is 3.52. The highest BCUT2D eigenvalue weighted by Gasteiger charge is 2.27. The molecule has 0 spiro atoms. The summed E-state index contributed by atoms with van der Waals surface area (Å²) in [7, 11) is 3.18. The molecule has 2 rings (SSSR count). The second-order valence-electron chi connectivity index (χ2n) is 5.14. The van der Waals surface area contributed by atoms with Gasteiger partial charge in [0.25, 0.3) is 5.91 Å². The third-order valence-electron chi connectivity index (χ3n) is 3.59. The highest BCUT2D eigenvalue weighted by atomic mass is 16.5. The number of ether oxygens (including phenoxy) is 1. The number of piperidine rings is 1. The van der Waals surface area contributed by atoms with E-state index in [0.717, 1.165) is 12.8 Å². The molecule has 21 heavy (non-hydrogen) atoms. The lowest BCUT2D eigenvalue weighted by Gasteiger charge is -2.32. The van der Waals surface area contributed by atoms with Crippen molar-refractivity contribution in [1.82, 2.24) is 20.0 Å². The molecule has 0 unspecified atom stereocenters. The number of likely N-dealkylation sites (tertiary alicyclic amines) is 1. The molecule has 1 aromatic rings. The van der Waals surface area contributed by atoms with Crippen LogP contribution in [0.15, 0.2) is 6.20 Å². The fourth-order valence-corrected chi connectivity index (χ4v) is 2.49. The van der Waals surface area contributed by atoms with Crippen molar-refractivity contribution in [3.05, 3.63) is 11.9 Å². The summed E-state index contributed by atoms with van der Waals surface area (Å²) in [5.74, 6) is -0.243. The van der Waals surface area contributed by atoms with Crippen molar-refractivity contribution < 1.29 is 14.3 Å². The maximum absolute atomic E-state index is 12.4. The summed E-state index contributed by atoms with van der Waals surface area (Å²) in [6.07, 6.45) is 2.92. The smallest absolute Gasteiger partial charge is 0.274 e. The van der Waals surface area contributed by atoms with Gasteiger partial charge < -0.3 is 20.7 Å². The first-order chi connectivity index (χ1) is 10.0. The van der Waals surface area contributed by atoms with Gasteiger partial charge in [-0.3, -0.25) is 14.3 Å². The Bertz CT molecular complexity index is 500. The first kappa shape index (κ1) is 15.3. The van der Waals surface area contributed by atoms with Crippen LogP contribution in [0.2, 0.25) is 0 Å². The van der Waals surface area contributed by atoms with E-state index in [9.17, 15) is 9.59 Å². The number of nitrogens with zero attached hydrogens (tertiary/aromatic N) is 3. The third-order valence-corrected chi connectivity index (χ3v) is 3.59. The topological polar surface area (TPSA) is 102 Å². The standard InChI is InChI=1S/C13H21N5O3/c1-17-12(10(14)7-15-17)13(20)18-5-3-9(4-6-18)16-11(19)8-21-2/h7,9H,3-6,8,14H2,1-2H3,(H,16,19). The summed E-state index contributed by atoms with van der Waals surface area (Å²) in [6, 6.07) is 0.0839. The van der Waals surface area contributed by atoms with Gasteiger partial charge in [0.2, 0.25) is 5.91 Å². The molecule has 8 heteroatoms. The maximum atomic E-state index is 12.4. The minimum Gasteiger partial charge on any atom is -0.396 e. The Labute approximate surface area is 123 Å². The number of methoxy groups -OCH3 is 1. The molecule has 116 valence electrons. The molecule has 1 aliphatic heterocycles. The van der Waals surface area contributed by atoms with Crippen LogP contribution in [0, 0.1) is 0 Å². The molecule has 1 aromatic heterocycles. The highest BCUT2D eigenvalue weighted by molar-refractivity contribution is 5.97. The van der Waals surface area contributed by atoms with E-state index in [2.05, 4.69) is 10.4 Å². The summed E-state index contributed by atoms with van der Waals surface area (Å²) in [5.41, 5.74) is 6.57. The SMILES string of the molecule is COCC(=O)NC1CCN(C(=O)c2c(N)cnn2C)CC1. The zero-order chi connectivity index (χ0) is 15.4. The van der Waals surface area contributed by atoms with Crippen LogP contribution in [0.4, 0.5) is 5.69 Å². The Morgan fingerprint density at radius 2 is 2.14 bits per heavy atom. The lowest BCUT2D eigenvalue weighted by atomic mass is 10.0. The number of nitrogens with one attached hydrogen (secondary N) is 1. The summed E-state index contributed by atoms with van der Waals surface area (Å²) in [6.45, 7) is 1.23. The zero-order valence-corrected chi connectivity index (χ0v) is 12.3. The van der Waals surface area contributed by atoms with E-state index in [-0.39, 0.29) is 24.5 Å². The number of carbonyl (C=O) groups is 2. The summed E-state index contributed by atoms with van der Waals surface area (Å²) in [5, 5.41) is 6.87. The number of amides is 2. The van der Waals surface area contributed by atoms with E-state index < -0.39 is 0 Å². The second-order valence-corrected chi connectivity index (χ2v) is 5.14. The molecule has 3 N–H and O–H groups in total. The minimum absolute atomic E-state index is 0.0602. The molecule has 1 saturated heterocycles. The molecule has 1 fully saturated rings. The highest BCUT2D eigenvalue weighted by Crippen LogP contribution is 2.17. The average Bonchev–Trinajstić information content (AvgIpc) is 2.78. The Hall–Kier alpha value is -2.09. The first-order valence-electron chi connectivity index (χ1n) is 6.88. The number of nitrogens with two attached hydrogens (primary N) is 1. The van der Waals surface area contributed by atoms with Crippen LogP contribution in [0.3, 0.4) is 0 Å². The number of nitrogen functional groups attached to an aromatic ring is 1. The van der Waals surface area contributed by atoms with Gasteiger partial charge in [-0.25, -0.2) is 0 Å². The van der Waals surface area contributed by atoms with Crippen molar-refractivity contribution in [2.75, 3.05) is 32.5 Å². The Kier molecular flexibility index (Phi) is 4.79. The maximum Gasteiger partial charge on any atom is 0.274 e. The fraction of sp³-hybridized carbons (Fsp3) is 0.615. The van der Waals surface area contributed by atoms with Crippen molar-refractivity contribution in [2.24, 2.45) is 7.05 Å². The van der Waals surface area contributed by atoms with E-state index in [1.165, 1.54) is 18.0 Å². The molecule has 1 aliphatic rings. The zero-order valence-electron chi connectivity index (χ0n) is 12.3. The number of aromatic nitrogens is 2. The van der Waals surface area contributed by atoms with E-state index in [1.54, 1.807) is 11.9 Å². The molecule has 2 heterocycles. The quantitative estimate of drug-likeness (QED) is 0.770. The lowest BCUT2D eigenvalue weighted by molar-refractivity contribution is -0.125. The Balaban J connectivity index is 1.89. The molecule has 0 bridgehead atoms. The van der Waals surface area contributed by atoms with Crippen LogP contribution >= 0.6 is 0 Å². The largest absolute Gasteiger partial charge is 0.396 e. The van der Waals surface area contributed by atoms with Crippen molar-refractivity contribution >= 4 is 17.5 Å². The molecule has 0 saturated carbocycles. The van der Waals surface area contributed by atoms with Gasteiger partial charge in [0.05, 0.1) is 11.9 Å². The van der Waals surface area contributed by atoms with Crippen molar-refractivity contribution in [1.29, 1.82) is 0 Å². The minimum atomic E-state index is -0.127. The van der Waals surface area contributed by atoms with Crippen LogP contribution in [0.1, 0.15) is 23.3 Å². The van der Waals surface area contributed by atoms with Crippen LogP contribution in [-0.2, 0) is 16.6 Å². The van der Waals surface area contributed by atoms with Crippen LogP contribution < -0.4 is 11.1 Å². The monoisotopic (exact) mass is 295 g/mol. The van der Waals surface area contributed by atoms with Crippen molar-refractivity contribution in [3.63, 3.8) is 0 Å². The second kappa shape index (κ2) is 6.57. The van der Waals surface area contributed by atoms with E-state index >= 15 is 0 Å².